The number of aromatic nitrogens is 3. The summed E-state index contributed by atoms with van der Waals surface area (Å²) in [5.74, 6) is 1.08. The van der Waals surface area contributed by atoms with Crippen molar-refractivity contribution in [2.24, 2.45) is 0 Å². The van der Waals surface area contributed by atoms with E-state index in [0.717, 1.165) is 5.76 Å². The second kappa shape index (κ2) is 4.67. The van der Waals surface area contributed by atoms with Crippen molar-refractivity contribution in [1.82, 2.24) is 15.0 Å². The summed E-state index contributed by atoms with van der Waals surface area (Å²) < 4.78 is 5.23. The first-order chi connectivity index (χ1) is 7.65. The van der Waals surface area contributed by atoms with Crippen LogP contribution in [0.15, 0.2) is 22.8 Å². The number of furan rings is 1. The van der Waals surface area contributed by atoms with E-state index in [1.807, 2.05) is 13.0 Å². The number of rotatable bonds is 3. The van der Waals surface area contributed by atoms with Crippen LogP contribution in [0.2, 0.25) is 10.6 Å². The number of hydrogen-bond acceptors (Lipinski definition) is 5. The van der Waals surface area contributed by atoms with Crippen molar-refractivity contribution in [2.45, 2.75) is 13.0 Å². The molecule has 0 aliphatic rings. The van der Waals surface area contributed by atoms with Crippen LogP contribution in [0.4, 0.5) is 5.95 Å². The van der Waals surface area contributed by atoms with Crippen LogP contribution < -0.4 is 5.32 Å². The van der Waals surface area contributed by atoms with Gasteiger partial charge < -0.3 is 9.73 Å². The Morgan fingerprint density at radius 1 is 1.25 bits per heavy atom. The van der Waals surface area contributed by atoms with E-state index < -0.39 is 0 Å². The molecule has 0 aliphatic heterocycles. The highest BCUT2D eigenvalue weighted by Gasteiger charge is 2.10. The maximum absolute atomic E-state index is 5.65. The number of nitrogens with one attached hydrogen (secondary N) is 1. The Labute approximate surface area is 102 Å². The van der Waals surface area contributed by atoms with Crippen LogP contribution in [0.3, 0.4) is 0 Å². The predicted molar refractivity (Wildman–Crippen MR) is 60.6 cm³/mol. The third kappa shape index (κ3) is 2.62. The zero-order chi connectivity index (χ0) is 11.5. The van der Waals surface area contributed by atoms with Gasteiger partial charge in [-0.25, -0.2) is 0 Å². The number of hydrogen-bond donors (Lipinski definition) is 1. The normalized spacial score (nSPS) is 12.4. The molecule has 5 nitrogen and oxygen atoms in total. The summed E-state index contributed by atoms with van der Waals surface area (Å²) in [6.07, 6.45) is 1.60. The quantitative estimate of drug-likeness (QED) is 0.917. The molecule has 0 amide bonds. The number of anilines is 1. The van der Waals surface area contributed by atoms with Gasteiger partial charge in [0.25, 0.3) is 0 Å². The first kappa shape index (κ1) is 11.2. The molecule has 1 atom stereocenters. The molecule has 0 radical (unpaired) electrons. The molecule has 1 unspecified atom stereocenters. The van der Waals surface area contributed by atoms with Crippen LogP contribution in [0.5, 0.6) is 0 Å². The molecule has 0 fully saturated rings. The van der Waals surface area contributed by atoms with Crippen molar-refractivity contribution in [3.8, 4) is 0 Å². The molecule has 7 heteroatoms. The standard InChI is InChI=1S/C9H8Cl2N4O/c1-5(6-3-2-4-16-6)12-9-14-7(10)13-8(11)15-9/h2-5H,1H3,(H,12,13,14,15). The Morgan fingerprint density at radius 3 is 2.50 bits per heavy atom. The van der Waals surface area contributed by atoms with Gasteiger partial charge in [0.05, 0.1) is 12.3 Å². The van der Waals surface area contributed by atoms with E-state index in [2.05, 4.69) is 20.3 Å². The van der Waals surface area contributed by atoms with Gasteiger partial charge in [0.15, 0.2) is 0 Å². The van der Waals surface area contributed by atoms with Crippen molar-refractivity contribution in [2.75, 3.05) is 5.32 Å². The topological polar surface area (TPSA) is 63.8 Å². The summed E-state index contributed by atoms with van der Waals surface area (Å²) in [5.41, 5.74) is 0. The van der Waals surface area contributed by atoms with E-state index >= 15 is 0 Å². The van der Waals surface area contributed by atoms with Gasteiger partial charge in [0.2, 0.25) is 16.5 Å². The molecule has 2 rings (SSSR count). The van der Waals surface area contributed by atoms with Crippen molar-refractivity contribution < 1.29 is 4.42 Å². The van der Waals surface area contributed by atoms with E-state index in [9.17, 15) is 0 Å². The smallest absolute Gasteiger partial charge is 0.228 e. The van der Waals surface area contributed by atoms with Crippen LogP contribution in [0.1, 0.15) is 18.7 Å². The summed E-state index contributed by atoms with van der Waals surface area (Å²) in [4.78, 5) is 11.4. The minimum atomic E-state index is -0.0791. The first-order valence-electron chi connectivity index (χ1n) is 4.52. The molecule has 2 aromatic rings. The third-order valence-corrected chi connectivity index (χ3v) is 2.23. The predicted octanol–water partition coefficient (Wildman–Crippen LogP) is 2.94. The summed E-state index contributed by atoms with van der Waals surface area (Å²) in [6, 6.07) is 3.58. The molecular formula is C9H8Cl2N4O. The summed E-state index contributed by atoms with van der Waals surface area (Å²) in [7, 11) is 0. The highest BCUT2D eigenvalue weighted by molar-refractivity contribution is 6.31. The number of nitrogens with zero attached hydrogens (tertiary/aromatic N) is 3. The third-order valence-electron chi connectivity index (χ3n) is 1.90. The lowest BCUT2D eigenvalue weighted by molar-refractivity contribution is 0.489. The molecule has 1 N–H and O–H groups in total. The highest BCUT2D eigenvalue weighted by Crippen LogP contribution is 2.18. The van der Waals surface area contributed by atoms with E-state index in [1.54, 1.807) is 12.3 Å². The van der Waals surface area contributed by atoms with Gasteiger partial charge in [0.1, 0.15) is 5.76 Å². The van der Waals surface area contributed by atoms with Gasteiger partial charge in [-0.1, -0.05) is 0 Å². The van der Waals surface area contributed by atoms with Gasteiger partial charge in [-0.2, -0.15) is 15.0 Å². The SMILES string of the molecule is CC(Nc1nc(Cl)nc(Cl)n1)c1ccco1. The van der Waals surface area contributed by atoms with Crippen LogP contribution >= 0.6 is 23.2 Å². The molecule has 0 aromatic carbocycles. The minimum Gasteiger partial charge on any atom is -0.467 e. The summed E-state index contributed by atoms with van der Waals surface area (Å²) in [5, 5.41) is 3.10. The first-order valence-corrected chi connectivity index (χ1v) is 5.28. The average Bonchev–Trinajstić information content (AvgIpc) is 2.68. The molecule has 84 valence electrons. The fourth-order valence-electron chi connectivity index (χ4n) is 1.19. The van der Waals surface area contributed by atoms with E-state index in [1.165, 1.54) is 0 Å². The van der Waals surface area contributed by atoms with Crippen LogP contribution in [-0.4, -0.2) is 15.0 Å². The van der Waals surface area contributed by atoms with Gasteiger partial charge >= 0.3 is 0 Å². The Bertz CT molecular complexity index is 454. The fourth-order valence-corrected chi connectivity index (χ4v) is 1.56. The van der Waals surface area contributed by atoms with Crippen LogP contribution in [-0.2, 0) is 0 Å². The van der Waals surface area contributed by atoms with Gasteiger partial charge in [0, 0.05) is 0 Å². The van der Waals surface area contributed by atoms with Crippen LogP contribution in [0, 0.1) is 0 Å². The lowest BCUT2D eigenvalue weighted by Gasteiger charge is -2.10. The largest absolute Gasteiger partial charge is 0.467 e. The molecule has 0 saturated heterocycles. The summed E-state index contributed by atoms with van der Waals surface area (Å²) in [6.45, 7) is 1.91. The van der Waals surface area contributed by atoms with E-state index in [0.29, 0.717) is 5.95 Å². The van der Waals surface area contributed by atoms with Crippen LogP contribution in [0.25, 0.3) is 0 Å². The highest BCUT2D eigenvalue weighted by atomic mass is 35.5. The van der Waals surface area contributed by atoms with Crippen molar-refractivity contribution >= 4 is 29.2 Å². The zero-order valence-electron chi connectivity index (χ0n) is 8.32. The van der Waals surface area contributed by atoms with Gasteiger partial charge in [-0.3, -0.25) is 0 Å². The Kier molecular flexibility index (Phi) is 3.26. The Morgan fingerprint density at radius 2 is 1.94 bits per heavy atom. The van der Waals surface area contributed by atoms with Crippen molar-refractivity contribution in [3.05, 3.63) is 34.7 Å². The molecule has 2 heterocycles. The lowest BCUT2D eigenvalue weighted by Crippen LogP contribution is -2.09. The average molecular weight is 259 g/mol. The van der Waals surface area contributed by atoms with Gasteiger partial charge in [-0.15, -0.1) is 0 Å². The van der Waals surface area contributed by atoms with Crippen molar-refractivity contribution in [1.29, 1.82) is 0 Å². The van der Waals surface area contributed by atoms with E-state index in [4.69, 9.17) is 27.6 Å². The maximum atomic E-state index is 5.65. The van der Waals surface area contributed by atoms with Gasteiger partial charge in [-0.05, 0) is 42.3 Å². The summed E-state index contributed by atoms with van der Waals surface area (Å²) >= 11 is 11.3. The zero-order valence-corrected chi connectivity index (χ0v) is 9.83. The molecule has 2 aromatic heterocycles. The molecule has 0 aliphatic carbocycles. The molecule has 0 bridgehead atoms. The second-order valence-corrected chi connectivity index (χ2v) is 3.75. The second-order valence-electron chi connectivity index (χ2n) is 3.08. The number of halogens is 2. The monoisotopic (exact) mass is 258 g/mol. The minimum absolute atomic E-state index is 0.0501. The molecule has 0 spiro atoms. The molecule has 0 saturated carbocycles. The van der Waals surface area contributed by atoms with E-state index in [-0.39, 0.29) is 16.6 Å². The fraction of sp³-hybridized carbons (Fsp3) is 0.222. The lowest BCUT2D eigenvalue weighted by atomic mass is 10.2. The Hall–Kier alpha value is -1.33. The molecular weight excluding hydrogens is 251 g/mol. The maximum Gasteiger partial charge on any atom is 0.228 e. The molecule has 16 heavy (non-hydrogen) atoms. The van der Waals surface area contributed by atoms with Crippen molar-refractivity contribution in [3.63, 3.8) is 0 Å². The Balaban J connectivity index is 2.15.